The molecule has 0 spiro atoms. The topological polar surface area (TPSA) is 61.4 Å². The highest BCUT2D eigenvalue weighted by Gasteiger charge is 2.22. The second-order valence-corrected chi connectivity index (χ2v) is 19.0. The minimum atomic E-state index is 0.578. The molecule has 6 heteroatoms. The summed E-state index contributed by atoms with van der Waals surface area (Å²) >= 11 is 0. The summed E-state index contributed by atoms with van der Waals surface area (Å²) in [6, 6.07) is 75.9. The number of pyridine rings is 1. The highest BCUT2D eigenvalue weighted by Crippen LogP contribution is 2.41. The van der Waals surface area contributed by atoms with Crippen LogP contribution in [0.25, 0.3) is 123 Å². The number of para-hydroxylation sites is 2. The molecule has 0 aliphatic carbocycles. The average molecular weight is 925 g/mol. The fourth-order valence-electron chi connectivity index (χ4n) is 10.8. The Morgan fingerprint density at radius 1 is 0.319 bits per heavy atom. The molecule has 0 saturated carbocycles. The van der Waals surface area contributed by atoms with Crippen LogP contribution in [0.5, 0.6) is 0 Å². The quantitative estimate of drug-likeness (QED) is 0.152. The van der Waals surface area contributed by atoms with Crippen molar-refractivity contribution in [2.24, 2.45) is 0 Å². The van der Waals surface area contributed by atoms with Gasteiger partial charge in [0.05, 0.1) is 33.4 Å². The van der Waals surface area contributed by atoms with Gasteiger partial charge in [-0.05, 0) is 128 Å². The Bertz CT molecular complexity index is 4200. The van der Waals surface area contributed by atoms with E-state index in [1.54, 1.807) is 0 Å². The number of aromatic nitrogens is 6. The first-order valence-corrected chi connectivity index (χ1v) is 24.5. The maximum absolute atomic E-state index is 5.24. The van der Waals surface area contributed by atoms with E-state index in [-0.39, 0.29) is 0 Å². The molecule has 0 bridgehead atoms. The molecule has 0 aliphatic heterocycles. The van der Waals surface area contributed by atoms with Gasteiger partial charge in [-0.25, -0.2) is 15.0 Å². The first-order chi connectivity index (χ1) is 35.3. The lowest BCUT2D eigenvalue weighted by atomic mass is 9.97. The number of hydrogen-bond acceptors (Lipinski definition) is 4. The third-order valence-corrected chi connectivity index (χ3v) is 14.2. The number of aryl methyl sites for hydroxylation is 4. The molecule has 4 aromatic heterocycles. The van der Waals surface area contributed by atoms with Gasteiger partial charge in [0.15, 0.2) is 17.5 Å². The fourth-order valence-corrected chi connectivity index (χ4v) is 10.8. The third-order valence-electron chi connectivity index (χ3n) is 14.2. The zero-order valence-corrected chi connectivity index (χ0v) is 40.5. The Labute approximate surface area is 418 Å². The van der Waals surface area contributed by atoms with Crippen LogP contribution in [-0.2, 0) is 0 Å². The van der Waals surface area contributed by atoms with Crippen molar-refractivity contribution in [3.8, 4) is 79.0 Å². The number of nitrogens with zero attached hydrogens (tertiary/aromatic N) is 6. The van der Waals surface area contributed by atoms with E-state index in [2.05, 4.69) is 188 Å². The van der Waals surface area contributed by atoms with Gasteiger partial charge in [-0.3, -0.25) is 4.98 Å². The molecule has 4 heterocycles. The summed E-state index contributed by atoms with van der Waals surface area (Å²) in [5.74, 6) is 1.80. The molecule has 0 radical (unpaired) electrons. The van der Waals surface area contributed by atoms with E-state index in [1.165, 1.54) is 66.1 Å². The lowest BCUT2D eigenvalue weighted by Gasteiger charge is -2.17. The van der Waals surface area contributed by atoms with E-state index in [9.17, 15) is 0 Å². The third kappa shape index (κ3) is 7.35. The van der Waals surface area contributed by atoms with Gasteiger partial charge >= 0.3 is 0 Å². The molecule has 6 nitrogen and oxygen atoms in total. The van der Waals surface area contributed by atoms with Gasteiger partial charge in [0.25, 0.3) is 0 Å². The Kier molecular flexibility index (Phi) is 10.3. The summed E-state index contributed by atoms with van der Waals surface area (Å²) in [7, 11) is 0. The van der Waals surface area contributed by atoms with Crippen LogP contribution in [0, 0.1) is 27.7 Å². The van der Waals surface area contributed by atoms with Gasteiger partial charge in [-0.15, -0.1) is 0 Å². The van der Waals surface area contributed by atoms with E-state index in [1.807, 2.05) is 66.9 Å². The molecule has 72 heavy (non-hydrogen) atoms. The second-order valence-electron chi connectivity index (χ2n) is 19.0. The van der Waals surface area contributed by atoms with Crippen molar-refractivity contribution in [1.29, 1.82) is 0 Å². The fraction of sp³-hybridized carbons (Fsp3) is 0.0606. The van der Waals surface area contributed by atoms with Crippen molar-refractivity contribution < 1.29 is 0 Å². The molecular formula is C66H48N6. The zero-order chi connectivity index (χ0) is 48.5. The molecule has 0 aliphatic rings. The van der Waals surface area contributed by atoms with Crippen molar-refractivity contribution in [3.05, 3.63) is 241 Å². The van der Waals surface area contributed by atoms with Crippen molar-refractivity contribution in [2.45, 2.75) is 27.7 Å². The summed E-state index contributed by atoms with van der Waals surface area (Å²) in [5, 5.41) is 4.76. The highest BCUT2D eigenvalue weighted by molar-refractivity contribution is 6.12. The maximum Gasteiger partial charge on any atom is 0.164 e. The van der Waals surface area contributed by atoms with Crippen molar-refractivity contribution in [3.63, 3.8) is 0 Å². The molecule has 9 aromatic carbocycles. The van der Waals surface area contributed by atoms with Crippen LogP contribution in [0.3, 0.4) is 0 Å². The van der Waals surface area contributed by atoms with Gasteiger partial charge in [0.2, 0.25) is 0 Å². The zero-order valence-electron chi connectivity index (χ0n) is 40.5. The lowest BCUT2D eigenvalue weighted by molar-refractivity contribution is 1.07. The van der Waals surface area contributed by atoms with Crippen molar-refractivity contribution >= 4 is 43.6 Å². The van der Waals surface area contributed by atoms with Crippen molar-refractivity contribution in [2.75, 3.05) is 0 Å². The monoisotopic (exact) mass is 924 g/mol. The summed E-state index contributed by atoms with van der Waals surface area (Å²) in [6.45, 7) is 8.70. The number of hydrogen-bond donors (Lipinski definition) is 0. The van der Waals surface area contributed by atoms with Crippen LogP contribution < -0.4 is 0 Å². The van der Waals surface area contributed by atoms with E-state index >= 15 is 0 Å². The highest BCUT2D eigenvalue weighted by atomic mass is 15.0. The van der Waals surface area contributed by atoms with E-state index in [0.29, 0.717) is 17.5 Å². The first kappa shape index (κ1) is 42.8. The molecule has 13 aromatic rings. The largest absolute Gasteiger partial charge is 0.309 e. The molecule has 0 amide bonds. The van der Waals surface area contributed by atoms with Gasteiger partial charge in [0.1, 0.15) is 0 Å². The SMILES string of the molecule is Cc1ccc(-c2ccc3c(c2)c2ccccc2n3-c2ccnc(-c3cc(-c4nc(-c5ccccc5)nc(-c5ccccc5)n4)ccc3-n3c4ccccc4c4cc(-c5ccc(C)cc5C)ccc43)c2)c(C)c1. The smallest absolute Gasteiger partial charge is 0.164 e. The maximum atomic E-state index is 5.24. The average Bonchev–Trinajstić information content (AvgIpc) is 3.93. The lowest BCUT2D eigenvalue weighted by Crippen LogP contribution is -2.03. The molecule has 0 saturated heterocycles. The number of fused-ring (bicyclic) bond motifs is 6. The predicted molar refractivity (Wildman–Crippen MR) is 298 cm³/mol. The van der Waals surface area contributed by atoms with Crippen LogP contribution >= 0.6 is 0 Å². The standard InChI is InChI=1S/C66H48N6/c1-41-23-28-51(43(3)35-41)47-25-30-61-55(37-47)53-19-11-13-21-59(53)71(61)50-33-34-67-58(40-50)57-39-49(66-69-64(45-15-7-5-8-16-45)68-65(70-66)46-17-9-6-10-18-46)27-32-63(57)72-60-22-14-12-20-54(60)56-38-48(26-31-62(56)72)52-29-24-42(2)36-44(52)4/h5-40H,1-4H3. The Morgan fingerprint density at radius 3 is 1.35 bits per heavy atom. The molecule has 0 fully saturated rings. The normalized spacial score (nSPS) is 11.6. The Morgan fingerprint density at radius 2 is 0.792 bits per heavy atom. The van der Waals surface area contributed by atoms with Gasteiger partial charge in [0, 0.05) is 55.7 Å². The van der Waals surface area contributed by atoms with Crippen LogP contribution in [0.1, 0.15) is 22.3 Å². The van der Waals surface area contributed by atoms with Gasteiger partial charge in [-0.1, -0.05) is 157 Å². The second kappa shape index (κ2) is 17.3. The number of benzene rings is 9. The molecule has 0 N–H and O–H groups in total. The number of rotatable bonds is 8. The van der Waals surface area contributed by atoms with Crippen molar-refractivity contribution in [1.82, 2.24) is 29.1 Å². The molecule has 342 valence electrons. The minimum absolute atomic E-state index is 0.578. The van der Waals surface area contributed by atoms with Crippen LogP contribution in [0.4, 0.5) is 0 Å². The molecule has 0 atom stereocenters. The molecular weight excluding hydrogens is 877 g/mol. The van der Waals surface area contributed by atoms with Gasteiger partial charge < -0.3 is 9.13 Å². The van der Waals surface area contributed by atoms with Crippen LogP contribution in [0.15, 0.2) is 219 Å². The Hall–Kier alpha value is -9.26. The van der Waals surface area contributed by atoms with Crippen LogP contribution in [0.2, 0.25) is 0 Å². The van der Waals surface area contributed by atoms with E-state index in [0.717, 1.165) is 61.4 Å². The molecule has 13 rings (SSSR count). The summed E-state index contributed by atoms with van der Waals surface area (Å²) in [6.07, 6.45) is 1.94. The first-order valence-electron chi connectivity index (χ1n) is 24.5. The molecule has 0 unspecified atom stereocenters. The Balaban J connectivity index is 1.04. The minimum Gasteiger partial charge on any atom is -0.309 e. The summed E-state index contributed by atoms with van der Waals surface area (Å²) < 4.78 is 4.78. The summed E-state index contributed by atoms with van der Waals surface area (Å²) in [4.78, 5) is 20.6. The summed E-state index contributed by atoms with van der Waals surface area (Å²) in [5.41, 5.74) is 20.9. The predicted octanol–water partition coefficient (Wildman–Crippen LogP) is 16.7. The van der Waals surface area contributed by atoms with Gasteiger partial charge in [-0.2, -0.15) is 0 Å². The van der Waals surface area contributed by atoms with Crippen LogP contribution in [-0.4, -0.2) is 29.1 Å². The van der Waals surface area contributed by atoms with E-state index in [4.69, 9.17) is 19.9 Å². The van der Waals surface area contributed by atoms with E-state index < -0.39 is 0 Å².